The summed E-state index contributed by atoms with van der Waals surface area (Å²) in [6.45, 7) is 7.24. The molecule has 1 atom stereocenters. The molecule has 1 unspecified atom stereocenters. The second-order valence-electron chi connectivity index (χ2n) is 4.23. The van der Waals surface area contributed by atoms with Crippen molar-refractivity contribution in [1.82, 2.24) is 5.32 Å². The number of nitrogens with one attached hydrogen (secondary N) is 1. The first-order valence-electron chi connectivity index (χ1n) is 5.85. The van der Waals surface area contributed by atoms with Gasteiger partial charge in [0.15, 0.2) is 0 Å². The summed E-state index contributed by atoms with van der Waals surface area (Å²) < 4.78 is 22.6. The number of hydrogen-bond acceptors (Lipinski definition) is 3. The van der Waals surface area contributed by atoms with Crippen LogP contribution in [0.1, 0.15) is 40.0 Å². The minimum Gasteiger partial charge on any atom is -0.313 e. The van der Waals surface area contributed by atoms with Crippen molar-refractivity contribution < 1.29 is 8.42 Å². The number of hydrogen-bond donors (Lipinski definition) is 1. The Morgan fingerprint density at radius 2 is 1.67 bits per heavy atom. The molecule has 0 aliphatic carbocycles. The van der Waals surface area contributed by atoms with E-state index in [1.807, 2.05) is 0 Å². The summed E-state index contributed by atoms with van der Waals surface area (Å²) in [6.07, 6.45) is 4.43. The van der Waals surface area contributed by atoms with E-state index in [1.54, 1.807) is 0 Å². The lowest BCUT2D eigenvalue weighted by atomic mass is 9.95. The predicted molar refractivity (Wildman–Crippen MR) is 65.9 cm³/mol. The Labute approximate surface area is 94.6 Å². The highest BCUT2D eigenvalue weighted by atomic mass is 32.2. The topological polar surface area (TPSA) is 46.2 Å². The summed E-state index contributed by atoms with van der Waals surface area (Å²) in [4.78, 5) is 0. The van der Waals surface area contributed by atoms with Crippen molar-refractivity contribution in [3.05, 3.63) is 0 Å². The molecule has 0 rings (SSSR count). The van der Waals surface area contributed by atoms with E-state index < -0.39 is 9.84 Å². The second kappa shape index (κ2) is 7.23. The Morgan fingerprint density at radius 3 is 2.00 bits per heavy atom. The molecule has 3 nitrogen and oxygen atoms in total. The van der Waals surface area contributed by atoms with Crippen LogP contribution in [0.15, 0.2) is 0 Å². The Bertz CT molecular complexity index is 245. The first-order chi connectivity index (χ1) is 6.94. The van der Waals surface area contributed by atoms with Crippen LogP contribution in [-0.2, 0) is 9.84 Å². The van der Waals surface area contributed by atoms with Gasteiger partial charge in [-0.2, -0.15) is 0 Å². The van der Waals surface area contributed by atoms with Crippen LogP contribution in [0.25, 0.3) is 0 Å². The van der Waals surface area contributed by atoms with E-state index in [0.717, 1.165) is 25.8 Å². The van der Waals surface area contributed by atoms with Gasteiger partial charge in [-0.3, -0.25) is 0 Å². The minimum atomic E-state index is -2.88. The van der Waals surface area contributed by atoms with Crippen molar-refractivity contribution in [2.75, 3.05) is 18.6 Å². The van der Waals surface area contributed by atoms with Crippen molar-refractivity contribution >= 4 is 9.84 Å². The Kier molecular flexibility index (Phi) is 7.18. The van der Waals surface area contributed by atoms with Crippen LogP contribution in [-0.4, -0.2) is 33.0 Å². The average molecular weight is 235 g/mol. The highest BCUT2D eigenvalue weighted by Crippen LogP contribution is 2.14. The van der Waals surface area contributed by atoms with E-state index in [4.69, 9.17) is 0 Å². The van der Waals surface area contributed by atoms with Crippen LogP contribution >= 0.6 is 0 Å². The van der Waals surface area contributed by atoms with E-state index in [-0.39, 0.29) is 11.8 Å². The van der Waals surface area contributed by atoms with Gasteiger partial charge >= 0.3 is 0 Å². The summed E-state index contributed by atoms with van der Waals surface area (Å²) in [7, 11) is -2.88. The second-order valence-corrected chi connectivity index (χ2v) is 6.41. The molecule has 0 aliphatic heterocycles. The highest BCUT2D eigenvalue weighted by molar-refractivity contribution is 7.90. The van der Waals surface area contributed by atoms with Crippen LogP contribution in [0.2, 0.25) is 0 Å². The molecule has 0 fully saturated rings. The summed E-state index contributed by atoms with van der Waals surface area (Å²) in [6, 6.07) is 0.120. The first-order valence-corrected chi connectivity index (χ1v) is 7.91. The molecular weight excluding hydrogens is 210 g/mol. The molecule has 0 radical (unpaired) electrons. The maximum absolute atomic E-state index is 11.3. The van der Waals surface area contributed by atoms with Crippen molar-refractivity contribution in [1.29, 1.82) is 0 Å². The maximum atomic E-state index is 11.3. The molecule has 1 N–H and O–H groups in total. The van der Waals surface area contributed by atoms with Crippen molar-refractivity contribution in [2.24, 2.45) is 5.92 Å². The zero-order chi connectivity index (χ0) is 11.9. The molecule has 0 saturated carbocycles. The van der Waals surface area contributed by atoms with Gasteiger partial charge in [0.1, 0.15) is 9.84 Å². The quantitative estimate of drug-likeness (QED) is 0.698. The monoisotopic (exact) mass is 235 g/mol. The third-order valence-corrected chi connectivity index (χ3v) is 3.72. The third-order valence-electron chi connectivity index (χ3n) is 2.76. The fourth-order valence-corrected chi connectivity index (χ4v) is 2.92. The lowest BCUT2D eigenvalue weighted by Crippen LogP contribution is -2.41. The van der Waals surface area contributed by atoms with Crippen molar-refractivity contribution in [3.63, 3.8) is 0 Å². The van der Waals surface area contributed by atoms with Crippen LogP contribution in [0.3, 0.4) is 0 Å². The smallest absolute Gasteiger partial charge is 0.148 e. The van der Waals surface area contributed by atoms with Crippen LogP contribution in [0, 0.1) is 5.92 Å². The van der Waals surface area contributed by atoms with Gasteiger partial charge in [0.2, 0.25) is 0 Å². The molecule has 0 amide bonds. The van der Waals surface area contributed by atoms with Crippen LogP contribution in [0.4, 0.5) is 0 Å². The number of sulfone groups is 1. The van der Waals surface area contributed by atoms with Gasteiger partial charge < -0.3 is 5.32 Å². The van der Waals surface area contributed by atoms with Crippen molar-refractivity contribution in [3.8, 4) is 0 Å². The Balaban J connectivity index is 4.41. The molecular formula is C11H25NO2S. The van der Waals surface area contributed by atoms with Crippen molar-refractivity contribution in [2.45, 2.75) is 46.1 Å². The molecule has 0 saturated heterocycles. The third kappa shape index (κ3) is 6.90. The molecule has 92 valence electrons. The van der Waals surface area contributed by atoms with Crippen LogP contribution < -0.4 is 5.32 Å². The van der Waals surface area contributed by atoms with Crippen LogP contribution in [0.5, 0.6) is 0 Å². The summed E-state index contributed by atoms with van der Waals surface area (Å²) in [5, 5.41) is 3.35. The molecule has 15 heavy (non-hydrogen) atoms. The van der Waals surface area contributed by atoms with Gasteiger partial charge in [0.05, 0.1) is 5.75 Å². The van der Waals surface area contributed by atoms with E-state index in [2.05, 4.69) is 26.1 Å². The van der Waals surface area contributed by atoms with E-state index in [0.29, 0.717) is 5.92 Å². The highest BCUT2D eigenvalue weighted by Gasteiger charge is 2.21. The predicted octanol–water partition coefficient (Wildman–Crippen LogP) is 1.84. The van der Waals surface area contributed by atoms with Gasteiger partial charge in [-0.25, -0.2) is 8.42 Å². The van der Waals surface area contributed by atoms with Gasteiger partial charge in [0.25, 0.3) is 0 Å². The standard InChI is InChI=1S/C11H25NO2S/c1-5-8-12-11(9-15(4,13)14)10(6-2)7-3/h10-12H,5-9H2,1-4H3. The van der Waals surface area contributed by atoms with E-state index in [9.17, 15) is 8.42 Å². The van der Waals surface area contributed by atoms with E-state index >= 15 is 0 Å². The lowest BCUT2D eigenvalue weighted by molar-refractivity contribution is 0.356. The van der Waals surface area contributed by atoms with Gasteiger partial charge in [-0.05, 0) is 18.9 Å². The molecule has 4 heteroatoms. The molecule has 0 aromatic carbocycles. The fraction of sp³-hybridized carbons (Fsp3) is 1.00. The molecule has 0 aliphatic rings. The van der Waals surface area contributed by atoms with Gasteiger partial charge in [-0.1, -0.05) is 33.6 Å². The number of rotatable bonds is 8. The molecule has 0 spiro atoms. The molecule has 0 aromatic heterocycles. The summed E-state index contributed by atoms with van der Waals surface area (Å²) in [5.41, 5.74) is 0. The van der Waals surface area contributed by atoms with Gasteiger partial charge in [-0.15, -0.1) is 0 Å². The van der Waals surface area contributed by atoms with E-state index in [1.165, 1.54) is 6.26 Å². The Hall–Kier alpha value is -0.0900. The normalized spacial score (nSPS) is 14.5. The summed E-state index contributed by atoms with van der Waals surface area (Å²) in [5.74, 6) is 0.727. The minimum absolute atomic E-state index is 0.120. The lowest BCUT2D eigenvalue weighted by Gasteiger charge is -2.25. The summed E-state index contributed by atoms with van der Waals surface area (Å²) >= 11 is 0. The maximum Gasteiger partial charge on any atom is 0.148 e. The largest absolute Gasteiger partial charge is 0.313 e. The zero-order valence-electron chi connectivity index (χ0n) is 10.4. The molecule has 0 bridgehead atoms. The SMILES string of the molecule is CCCNC(CS(C)(=O)=O)C(CC)CC. The fourth-order valence-electron chi connectivity index (χ4n) is 1.88. The average Bonchev–Trinajstić information content (AvgIpc) is 2.13. The first kappa shape index (κ1) is 14.9. The molecule has 0 aromatic rings. The Morgan fingerprint density at radius 1 is 1.13 bits per heavy atom. The van der Waals surface area contributed by atoms with Gasteiger partial charge in [0, 0.05) is 12.3 Å². The zero-order valence-corrected chi connectivity index (χ0v) is 11.2. The molecule has 0 heterocycles.